The van der Waals surface area contributed by atoms with E-state index in [0.717, 1.165) is 5.56 Å². The number of hydrogen-bond acceptors (Lipinski definition) is 3. The maximum absolute atomic E-state index is 12.2. The van der Waals surface area contributed by atoms with Crippen LogP contribution in [0.4, 0.5) is 5.69 Å². The second kappa shape index (κ2) is 6.09. The quantitative estimate of drug-likeness (QED) is 0.905. The van der Waals surface area contributed by atoms with Gasteiger partial charge in [0, 0.05) is 5.56 Å². The van der Waals surface area contributed by atoms with Crippen molar-refractivity contribution in [1.82, 2.24) is 0 Å². The van der Waals surface area contributed by atoms with Crippen molar-refractivity contribution in [2.45, 2.75) is 6.92 Å². The summed E-state index contributed by atoms with van der Waals surface area (Å²) in [5.74, 6) is -0.783. The number of aromatic carboxylic acids is 1. The number of amides is 1. The second-order valence-corrected chi connectivity index (χ2v) is 4.54. The highest BCUT2D eigenvalue weighted by molar-refractivity contribution is 6.05. The average Bonchev–Trinajstić information content (AvgIpc) is 2.47. The number of rotatable bonds is 4. The number of ether oxygens (including phenoxy) is 1. The van der Waals surface area contributed by atoms with Crippen LogP contribution >= 0.6 is 0 Å². The van der Waals surface area contributed by atoms with Crippen molar-refractivity contribution < 1.29 is 19.4 Å². The fraction of sp³-hybridized carbons (Fsp3) is 0.125. The Labute approximate surface area is 122 Å². The lowest BCUT2D eigenvalue weighted by Gasteiger charge is -2.11. The van der Waals surface area contributed by atoms with Crippen LogP contribution in [0.15, 0.2) is 42.5 Å². The van der Waals surface area contributed by atoms with Crippen molar-refractivity contribution >= 4 is 17.6 Å². The van der Waals surface area contributed by atoms with Gasteiger partial charge in [0.25, 0.3) is 5.91 Å². The molecule has 0 heterocycles. The van der Waals surface area contributed by atoms with E-state index in [4.69, 9.17) is 9.84 Å². The molecule has 0 aromatic heterocycles. The molecule has 0 bridgehead atoms. The molecule has 0 aliphatic rings. The Morgan fingerprint density at radius 2 is 1.67 bits per heavy atom. The minimum absolute atomic E-state index is 0.139. The van der Waals surface area contributed by atoms with Gasteiger partial charge >= 0.3 is 5.97 Å². The van der Waals surface area contributed by atoms with E-state index < -0.39 is 5.97 Å². The largest absolute Gasteiger partial charge is 0.495 e. The van der Waals surface area contributed by atoms with Gasteiger partial charge in [-0.3, -0.25) is 4.79 Å². The van der Waals surface area contributed by atoms with Gasteiger partial charge in [0.15, 0.2) is 0 Å². The third-order valence-corrected chi connectivity index (χ3v) is 3.00. The number of methoxy groups -OCH3 is 1. The van der Waals surface area contributed by atoms with E-state index in [0.29, 0.717) is 17.0 Å². The number of aryl methyl sites for hydroxylation is 1. The SMILES string of the molecule is COc1ccc(C)cc1NC(=O)c1ccc(C(=O)O)cc1. The molecule has 0 aliphatic carbocycles. The van der Waals surface area contributed by atoms with Gasteiger partial charge in [0.1, 0.15) is 5.75 Å². The van der Waals surface area contributed by atoms with Crippen molar-refractivity contribution in [2.75, 3.05) is 12.4 Å². The zero-order valence-electron chi connectivity index (χ0n) is 11.7. The fourth-order valence-corrected chi connectivity index (χ4v) is 1.88. The first kappa shape index (κ1) is 14.6. The predicted molar refractivity (Wildman–Crippen MR) is 79.1 cm³/mol. The lowest BCUT2D eigenvalue weighted by molar-refractivity contribution is 0.0696. The van der Waals surface area contributed by atoms with Crippen LogP contribution in [0, 0.1) is 6.92 Å². The minimum Gasteiger partial charge on any atom is -0.495 e. The standard InChI is InChI=1S/C16H15NO4/c1-10-3-8-14(21-2)13(9-10)17-15(18)11-4-6-12(7-5-11)16(19)20/h3-9H,1-2H3,(H,17,18)(H,19,20). The summed E-state index contributed by atoms with van der Waals surface area (Å²) in [6.45, 7) is 1.91. The number of carbonyl (C=O) groups is 2. The molecule has 21 heavy (non-hydrogen) atoms. The number of benzene rings is 2. The van der Waals surface area contributed by atoms with E-state index in [-0.39, 0.29) is 11.5 Å². The molecule has 0 aliphatic heterocycles. The number of anilines is 1. The van der Waals surface area contributed by atoms with E-state index in [1.54, 1.807) is 6.07 Å². The maximum atomic E-state index is 12.2. The van der Waals surface area contributed by atoms with Crippen LogP contribution in [0.3, 0.4) is 0 Å². The maximum Gasteiger partial charge on any atom is 0.335 e. The highest BCUT2D eigenvalue weighted by Crippen LogP contribution is 2.25. The van der Waals surface area contributed by atoms with Gasteiger partial charge < -0.3 is 15.2 Å². The molecule has 0 radical (unpaired) electrons. The van der Waals surface area contributed by atoms with Crippen molar-refractivity contribution in [3.05, 3.63) is 59.2 Å². The van der Waals surface area contributed by atoms with Crippen molar-refractivity contribution in [3.8, 4) is 5.75 Å². The highest BCUT2D eigenvalue weighted by atomic mass is 16.5. The zero-order valence-corrected chi connectivity index (χ0v) is 11.7. The molecule has 0 unspecified atom stereocenters. The lowest BCUT2D eigenvalue weighted by Crippen LogP contribution is -2.13. The summed E-state index contributed by atoms with van der Waals surface area (Å²) in [6, 6.07) is 11.2. The molecule has 108 valence electrons. The normalized spacial score (nSPS) is 10.0. The molecular weight excluding hydrogens is 270 g/mol. The van der Waals surface area contributed by atoms with E-state index in [1.165, 1.54) is 31.4 Å². The molecule has 1 amide bonds. The Morgan fingerprint density at radius 3 is 2.24 bits per heavy atom. The molecule has 0 saturated heterocycles. The van der Waals surface area contributed by atoms with Crippen LogP contribution in [0.5, 0.6) is 5.75 Å². The number of hydrogen-bond donors (Lipinski definition) is 2. The molecule has 2 aromatic carbocycles. The van der Waals surface area contributed by atoms with Crippen LogP contribution in [0.2, 0.25) is 0 Å². The Balaban J connectivity index is 2.21. The van der Waals surface area contributed by atoms with Crippen molar-refractivity contribution in [1.29, 1.82) is 0 Å². The number of nitrogens with one attached hydrogen (secondary N) is 1. The van der Waals surface area contributed by atoms with Gasteiger partial charge in [-0.2, -0.15) is 0 Å². The Bertz CT molecular complexity index is 677. The highest BCUT2D eigenvalue weighted by Gasteiger charge is 2.11. The molecular formula is C16H15NO4. The summed E-state index contributed by atoms with van der Waals surface area (Å²) in [5, 5.41) is 11.6. The van der Waals surface area contributed by atoms with E-state index in [2.05, 4.69) is 5.32 Å². The molecule has 5 heteroatoms. The lowest BCUT2D eigenvalue weighted by atomic mass is 10.1. The van der Waals surface area contributed by atoms with Gasteiger partial charge in [-0.05, 0) is 48.9 Å². The first-order valence-corrected chi connectivity index (χ1v) is 6.30. The Kier molecular flexibility index (Phi) is 4.23. The van der Waals surface area contributed by atoms with Gasteiger partial charge in [-0.15, -0.1) is 0 Å². The summed E-state index contributed by atoms with van der Waals surface area (Å²) in [6.07, 6.45) is 0. The first-order chi connectivity index (χ1) is 10.0. The fourth-order valence-electron chi connectivity index (χ4n) is 1.88. The Hall–Kier alpha value is -2.82. The predicted octanol–water partition coefficient (Wildman–Crippen LogP) is 2.95. The first-order valence-electron chi connectivity index (χ1n) is 6.30. The van der Waals surface area contributed by atoms with E-state index in [1.807, 2.05) is 19.1 Å². The molecule has 2 rings (SSSR count). The third-order valence-electron chi connectivity index (χ3n) is 3.00. The third kappa shape index (κ3) is 3.39. The van der Waals surface area contributed by atoms with Gasteiger partial charge in [0.2, 0.25) is 0 Å². The van der Waals surface area contributed by atoms with Crippen molar-refractivity contribution in [3.63, 3.8) is 0 Å². The summed E-state index contributed by atoms with van der Waals surface area (Å²) in [4.78, 5) is 22.9. The summed E-state index contributed by atoms with van der Waals surface area (Å²) < 4.78 is 5.20. The minimum atomic E-state index is -1.03. The van der Waals surface area contributed by atoms with Crippen LogP contribution in [0.25, 0.3) is 0 Å². The van der Waals surface area contributed by atoms with Gasteiger partial charge in [-0.25, -0.2) is 4.79 Å². The van der Waals surface area contributed by atoms with Crippen LogP contribution < -0.4 is 10.1 Å². The molecule has 0 atom stereocenters. The summed E-state index contributed by atoms with van der Waals surface area (Å²) >= 11 is 0. The monoisotopic (exact) mass is 285 g/mol. The zero-order chi connectivity index (χ0) is 15.4. The average molecular weight is 285 g/mol. The number of carboxylic acid groups (broad SMARTS) is 1. The summed E-state index contributed by atoms with van der Waals surface area (Å²) in [5.41, 5.74) is 2.08. The smallest absolute Gasteiger partial charge is 0.335 e. The number of carboxylic acids is 1. The van der Waals surface area contributed by atoms with E-state index >= 15 is 0 Å². The molecule has 2 aromatic rings. The van der Waals surface area contributed by atoms with Crippen LogP contribution in [-0.2, 0) is 0 Å². The van der Waals surface area contributed by atoms with Crippen molar-refractivity contribution in [2.24, 2.45) is 0 Å². The molecule has 0 fully saturated rings. The topological polar surface area (TPSA) is 75.6 Å². The van der Waals surface area contributed by atoms with Gasteiger partial charge in [-0.1, -0.05) is 6.07 Å². The molecule has 0 saturated carbocycles. The van der Waals surface area contributed by atoms with E-state index in [9.17, 15) is 9.59 Å². The van der Waals surface area contributed by atoms with Crippen LogP contribution in [0.1, 0.15) is 26.3 Å². The van der Waals surface area contributed by atoms with Gasteiger partial charge in [0.05, 0.1) is 18.4 Å². The molecule has 0 spiro atoms. The Morgan fingerprint density at radius 1 is 1.05 bits per heavy atom. The molecule has 2 N–H and O–H groups in total. The van der Waals surface area contributed by atoms with Crippen LogP contribution in [-0.4, -0.2) is 24.1 Å². The summed E-state index contributed by atoms with van der Waals surface area (Å²) in [7, 11) is 1.53. The second-order valence-electron chi connectivity index (χ2n) is 4.54. The molecule has 5 nitrogen and oxygen atoms in total. The number of carbonyl (C=O) groups excluding carboxylic acids is 1.